The molecule has 0 aliphatic heterocycles. The third-order valence-electron chi connectivity index (χ3n) is 4.45. The second-order valence-electron chi connectivity index (χ2n) is 6.84. The zero-order valence-electron chi connectivity index (χ0n) is 15.0. The summed E-state index contributed by atoms with van der Waals surface area (Å²) in [7, 11) is 0. The number of rotatable bonds is 5. The van der Waals surface area contributed by atoms with Gasteiger partial charge in [-0.05, 0) is 50.1 Å². The minimum absolute atomic E-state index is 0.105. The van der Waals surface area contributed by atoms with Gasteiger partial charge in [0.15, 0.2) is 0 Å². The predicted octanol–water partition coefficient (Wildman–Crippen LogP) is 4.11. The van der Waals surface area contributed by atoms with E-state index in [0.717, 1.165) is 0 Å². The van der Waals surface area contributed by atoms with Crippen LogP contribution in [0.25, 0.3) is 0 Å². The Morgan fingerprint density at radius 1 is 1.08 bits per heavy atom. The van der Waals surface area contributed by atoms with Crippen LogP contribution in [0.15, 0.2) is 48.5 Å². The Hall–Kier alpha value is -2.82. The zero-order chi connectivity index (χ0) is 18.6. The van der Waals surface area contributed by atoms with Crippen LogP contribution in [0.1, 0.15) is 38.1 Å². The molecule has 3 N–H and O–H groups in total. The van der Waals surface area contributed by atoms with E-state index in [-0.39, 0.29) is 29.1 Å². The smallest absolute Gasteiger partial charge is 0.317 e. The van der Waals surface area contributed by atoms with Gasteiger partial charge in [0, 0.05) is 11.4 Å². The van der Waals surface area contributed by atoms with Crippen LogP contribution in [0.5, 0.6) is 5.75 Å². The number of para-hydroxylation sites is 1. The third kappa shape index (κ3) is 4.38. The Kier molecular flexibility index (Phi) is 5.47. The van der Waals surface area contributed by atoms with Gasteiger partial charge < -0.3 is 15.8 Å². The van der Waals surface area contributed by atoms with Crippen molar-refractivity contribution in [1.82, 2.24) is 0 Å². The maximum absolute atomic E-state index is 12.6. The summed E-state index contributed by atoms with van der Waals surface area (Å²) in [5.41, 5.74) is 6.49. The lowest BCUT2D eigenvalue weighted by Gasteiger charge is -2.26. The number of hydrogen-bond acceptors (Lipinski definition) is 4. The van der Waals surface area contributed by atoms with Gasteiger partial charge >= 0.3 is 5.97 Å². The highest BCUT2D eigenvalue weighted by atomic mass is 16.5. The van der Waals surface area contributed by atoms with Crippen LogP contribution in [0.3, 0.4) is 0 Å². The molecule has 25 heavy (non-hydrogen) atoms. The molecule has 0 radical (unpaired) electrons. The summed E-state index contributed by atoms with van der Waals surface area (Å²) in [6.07, 6.45) is 0. The van der Waals surface area contributed by atoms with Crippen LogP contribution < -0.4 is 15.8 Å². The maximum atomic E-state index is 12.6. The molecule has 0 bridgehead atoms. The summed E-state index contributed by atoms with van der Waals surface area (Å²) in [6.45, 7) is 7.57. The first kappa shape index (κ1) is 18.5. The molecule has 0 heterocycles. The minimum atomic E-state index is -0.655. The number of nitrogens with one attached hydrogen (secondary N) is 1. The Morgan fingerprint density at radius 3 is 2.40 bits per heavy atom. The molecule has 0 aliphatic carbocycles. The number of esters is 1. The fourth-order valence-electron chi connectivity index (χ4n) is 2.03. The standard InChI is InChI=1S/C20H24N2O3/c1-13(2)20(3,4)19(24)25-17-11-6-5-10-16(17)18(23)22-15-9-7-8-14(21)12-15/h5-13H,21H2,1-4H3,(H,22,23). The molecule has 2 aromatic carbocycles. The zero-order valence-corrected chi connectivity index (χ0v) is 15.0. The molecule has 0 spiro atoms. The SMILES string of the molecule is CC(C)C(C)(C)C(=O)Oc1ccccc1C(=O)Nc1cccc(N)c1. The second-order valence-corrected chi connectivity index (χ2v) is 6.84. The normalized spacial score (nSPS) is 11.2. The first-order valence-electron chi connectivity index (χ1n) is 8.20. The number of nitrogens with two attached hydrogens (primary N) is 1. The molecule has 1 amide bonds. The quantitative estimate of drug-likeness (QED) is 0.487. The number of nitrogen functional groups attached to an aromatic ring is 1. The van der Waals surface area contributed by atoms with E-state index in [0.29, 0.717) is 11.4 Å². The van der Waals surface area contributed by atoms with E-state index in [2.05, 4.69) is 5.32 Å². The first-order chi connectivity index (χ1) is 11.7. The number of hydrogen-bond donors (Lipinski definition) is 2. The van der Waals surface area contributed by atoms with E-state index in [1.807, 2.05) is 27.7 Å². The van der Waals surface area contributed by atoms with Crippen LogP contribution in [-0.2, 0) is 4.79 Å². The predicted molar refractivity (Wildman–Crippen MR) is 99.5 cm³/mol. The third-order valence-corrected chi connectivity index (χ3v) is 4.45. The van der Waals surface area contributed by atoms with Gasteiger partial charge in [0.1, 0.15) is 5.75 Å². The number of anilines is 2. The minimum Gasteiger partial charge on any atom is -0.425 e. The summed E-state index contributed by atoms with van der Waals surface area (Å²) in [6, 6.07) is 13.6. The highest BCUT2D eigenvalue weighted by molar-refractivity contribution is 6.06. The monoisotopic (exact) mass is 340 g/mol. The number of carbonyl (C=O) groups excluding carboxylic acids is 2. The van der Waals surface area contributed by atoms with E-state index >= 15 is 0 Å². The summed E-state index contributed by atoms with van der Waals surface area (Å²) >= 11 is 0. The fraction of sp³-hybridized carbons (Fsp3) is 0.300. The van der Waals surface area contributed by atoms with Crippen molar-refractivity contribution in [3.05, 3.63) is 54.1 Å². The van der Waals surface area contributed by atoms with Gasteiger partial charge in [-0.3, -0.25) is 9.59 Å². The molecule has 2 aromatic rings. The van der Waals surface area contributed by atoms with Gasteiger partial charge in [-0.1, -0.05) is 32.0 Å². The lowest BCUT2D eigenvalue weighted by molar-refractivity contribution is -0.146. The van der Waals surface area contributed by atoms with E-state index in [9.17, 15) is 9.59 Å². The van der Waals surface area contributed by atoms with Gasteiger partial charge in [0.2, 0.25) is 0 Å². The van der Waals surface area contributed by atoms with Gasteiger partial charge in [-0.15, -0.1) is 0 Å². The van der Waals surface area contributed by atoms with Gasteiger partial charge in [0.05, 0.1) is 11.0 Å². The van der Waals surface area contributed by atoms with Crippen molar-refractivity contribution in [2.45, 2.75) is 27.7 Å². The molecular formula is C20H24N2O3. The molecule has 0 aliphatic rings. The van der Waals surface area contributed by atoms with Crippen molar-refractivity contribution >= 4 is 23.3 Å². The largest absolute Gasteiger partial charge is 0.425 e. The number of carbonyl (C=O) groups is 2. The van der Waals surface area contributed by atoms with Crippen LogP contribution in [0.2, 0.25) is 0 Å². The van der Waals surface area contributed by atoms with Crippen LogP contribution >= 0.6 is 0 Å². The van der Waals surface area contributed by atoms with Crippen molar-refractivity contribution in [3.8, 4) is 5.75 Å². The van der Waals surface area contributed by atoms with Gasteiger partial charge in [-0.25, -0.2) is 0 Å². The molecule has 5 nitrogen and oxygen atoms in total. The molecule has 5 heteroatoms. The first-order valence-corrected chi connectivity index (χ1v) is 8.20. The summed E-state index contributed by atoms with van der Waals surface area (Å²) in [5.74, 6) is -0.390. The topological polar surface area (TPSA) is 81.4 Å². The van der Waals surface area contributed by atoms with Gasteiger partial charge in [-0.2, -0.15) is 0 Å². The van der Waals surface area contributed by atoms with Crippen molar-refractivity contribution in [1.29, 1.82) is 0 Å². The molecule has 0 unspecified atom stereocenters. The van der Waals surface area contributed by atoms with Crippen molar-refractivity contribution in [3.63, 3.8) is 0 Å². The highest BCUT2D eigenvalue weighted by Gasteiger charge is 2.34. The van der Waals surface area contributed by atoms with E-state index < -0.39 is 5.41 Å². The average Bonchev–Trinajstić information content (AvgIpc) is 2.55. The summed E-state index contributed by atoms with van der Waals surface area (Å²) in [4.78, 5) is 25.1. The molecule has 0 atom stereocenters. The van der Waals surface area contributed by atoms with E-state index in [1.165, 1.54) is 0 Å². The number of benzene rings is 2. The molecule has 132 valence electrons. The molecule has 0 fully saturated rings. The molecule has 2 rings (SSSR count). The fourth-order valence-corrected chi connectivity index (χ4v) is 2.03. The Morgan fingerprint density at radius 2 is 1.76 bits per heavy atom. The van der Waals surface area contributed by atoms with Crippen molar-refractivity contribution < 1.29 is 14.3 Å². The van der Waals surface area contributed by atoms with Crippen molar-refractivity contribution in [2.75, 3.05) is 11.1 Å². The van der Waals surface area contributed by atoms with E-state index in [4.69, 9.17) is 10.5 Å². The Bertz CT molecular complexity index is 782. The number of amides is 1. The molecule has 0 saturated carbocycles. The lowest BCUT2D eigenvalue weighted by atomic mass is 9.81. The summed E-state index contributed by atoms with van der Waals surface area (Å²) in [5, 5.41) is 2.76. The van der Waals surface area contributed by atoms with Gasteiger partial charge in [0.25, 0.3) is 5.91 Å². The Balaban J connectivity index is 2.23. The molecule has 0 aromatic heterocycles. The summed E-state index contributed by atoms with van der Waals surface area (Å²) < 4.78 is 5.53. The second kappa shape index (κ2) is 7.38. The lowest BCUT2D eigenvalue weighted by Crippen LogP contribution is -2.34. The molecular weight excluding hydrogens is 316 g/mol. The molecule has 0 saturated heterocycles. The van der Waals surface area contributed by atoms with Crippen molar-refractivity contribution in [2.24, 2.45) is 11.3 Å². The van der Waals surface area contributed by atoms with Crippen LogP contribution in [0.4, 0.5) is 11.4 Å². The van der Waals surface area contributed by atoms with Crippen LogP contribution in [0, 0.1) is 11.3 Å². The van der Waals surface area contributed by atoms with Crippen LogP contribution in [-0.4, -0.2) is 11.9 Å². The number of ether oxygens (including phenoxy) is 1. The van der Waals surface area contributed by atoms with E-state index in [1.54, 1.807) is 48.5 Å². The average molecular weight is 340 g/mol. The highest BCUT2D eigenvalue weighted by Crippen LogP contribution is 2.30. The maximum Gasteiger partial charge on any atom is 0.317 e. The Labute approximate surface area is 148 Å².